The summed E-state index contributed by atoms with van der Waals surface area (Å²) < 4.78 is 1.78. The van der Waals surface area contributed by atoms with Crippen molar-refractivity contribution in [1.29, 1.82) is 0 Å². The van der Waals surface area contributed by atoms with Gasteiger partial charge in [0.05, 0.1) is 22.4 Å². The van der Waals surface area contributed by atoms with Crippen LogP contribution in [0.25, 0.3) is 11.3 Å². The molecular weight excluding hydrogens is 550 g/mol. The number of nitro benzene ring substituents is 1. The normalized spacial score (nSPS) is 11.8. The fourth-order valence-corrected chi connectivity index (χ4v) is 5.35. The Morgan fingerprint density at radius 3 is 2.52 bits per heavy atom. The lowest BCUT2D eigenvalue weighted by Crippen LogP contribution is -2.33. The lowest BCUT2D eigenvalue weighted by molar-refractivity contribution is -0.385. The van der Waals surface area contributed by atoms with Gasteiger partial charge < -0.3 is 15.2 Å². The summed E-state index contributed by atoms with van der Waals surface area (Å²) in [7, 11) is 1.80. The van der Waals surface area contributed by atoms with Crippen LogP contribution in [-0.4, -0.2) is 42.2 Å². The maximum atomic E-state index is 12.8. The number of hydrogen-bond donors (Lipinski definition) is 2. The predicted molar refractivity (Wildman–Crippen MR) is 156 cm³/mol. The fourth-order valence-electron chi connectivity index (χ4n) is 3.90. The minimum atomic E-state index is -0.426. The second kappa shape index (κ2) is 12.4. The molecule has 0 fully saturated rings. The largest absolute Gasteiger partial charge is 0.342 e. The van der Waals surface area contributed by atoms with Gasteiger partial charge in [-0.15, -0.1) is 21.5 Å². The number of thioether (sulfide) groups is 1. The van der Waals surface area contributed by atoms with Crippen LogP contribution in [0.4, 0.5) is 10.8 Å². The lowest BCUT2D eigenvalue weighted by Gasteiger charge is -2.21. The summed E-state index contributed by atoms with van der Waals surface area (Å²) in [4.78, 5) is 40.7. The highest BCUT2D eigenvalue weighted by Gasteiger charge is 2.25. The molecule has 2 heterocycles. The van der Waals surface area contributed by atoms with Gasteiger partial charge in [-0.2, -0.15) is 0 Å². The van der Waals surface area contributed by atoms with E-state index < -0.39 is 4.92 Å². The van der Waals surface area contributed by atoms with Crippen molar-refractivity contribution in [3.8, 4) is 11.3 Å². The minimum absolute atomic E-state index is 0.0185. The summed E-state index contributed by atoms with van der Waals surface area (Å²) in [6, 6.07) is 11.9. The third-order valence-corrected chi connectivity index (χ3v) is 7.98. The van der Waals surface area contributed by atoms with Gasteiger partial charge in [0, 0.05) is 35.2 Å². The Labute approximate surface area is 239 Å². The molecule has 1 atom stereocenters. The number of carbonyl (C=O) groups is 2. The van der Waals surface area contributed by atoms with Crippen molar-refractivity contribution >= 4 is 45.7 Å². The van der Waals surface area contributed by atoms with Crippen LogP contribution in [0.3, 0.4) is 0 Å². The van der Waals surface area contributed by atoms with Gasteiger partial charge in [-0.3, -0.25) is 19.7 Å². The Kier molecular flexibility index (Phi) is 8.95. The van der Waals surface area contributed by atoms with Crippen molar-refractivity contribution in [3.63, 3.8) is 0 Å². The highest BCUT2D eigenvalue weighted by Crippen LogP contribution is 2.30. The number of carbonyl (C=O) groups excluding carboxylic acids is 2. The van der Waals surface area contributed by atoms with Crippen LogP contribution in [0.5, 0.6) is 0 Å². The molecular formula is C27H29N7O4S2. The van der Waals surface area contributed by atoms with E-state index in [1.165, 1.54) is 29.2 Å². The molecule has 208 valence electrons. The number of aryl methyl sites for hydroxylation is 2. The second-order valence-electron chi connectivity index (χ2n) is 9.59. The first kappa shape index (κ1) is 28.9. The Hall–Kier alpha value is -4.10. The summed E-state index contributed by atoms with van der Waals surface area (Å²) in [5, 5.41) is 28.3. The first-order valence-electron chi connectivity index (χ1n) is 12.4. The molecule has 40 heavy (non-hydrogen) atoms. The monoisotopic (exact) mass is 579 g/mol. The van der Waals surface area contributed by atoms with E-state index in [0.717, 1.165) is 5.56 Å². The zero-order chi connectivity index (χ0) is 29.0. The molecule has 2 N–H and O–H groups in total. The number of nitrogens with one attached hydrogen (secondary N) is 2. The van der Waals surface area contributed by atoms with Crippen LogP contribution >= 0.6 is 23.1 Å². The van der Waals surface area contributed by atoms with Gasteiger partial charge in [0.15, 0.2) is 16.1 Å². The maximum absolute atomic E-state index is 12.8. The molecule has 4 rings (SSSR count). The average Bonchev–Trinajstić information content (AvgIpc) is 3.52. The first-order chi connectivity index (χ1) is 19.0. The molecule has 13 heteroatoms. The van der Waals surface area contributed by atoms with E-state index in [9.17, 15) is 19.7 Å². The number of rotatable bonds is 10. The van der Waals surface area contributed by atoms with Crippen LogP contribution in [0, 0.1) is 29.9 Å². The highest BCUT2D eigenvalue weighted by atomic mass is 32.2. The summed E-state index contributed by atoms with van der Waals surface area (Å²) >= 11 is 2.45. The Morgan fingerprint density at radius 2 is 1.85 bits per heavy atom. The van der Waals surface area contributed by atoms with Gasteiger partial charge >= 0.3 is 0 Å². The fraction of sp³-hybridized carbons (Fsp3) is 0.296. The minimum Gasteiger partial charge on any atom is -0.342 e. The van der Waals surface area contributed by atoms with Crippen LogP contribution in [0.1, 0.15) is 47.2 Å². The number of amides is 2. The Bertz CT molecular complexity index is 1550. The van der Waals surface area contributed by atoms with Crippen LogP contribution in [0.2, 0.25) is 0 Å². The summed E-state index contributed by atoms with van der Waals surface area (Å²) in [5.74, 6) is 0.235. The van der Waals surface area contributed by atoms with E-state index in [-0.39, 0.29) is 35.2 Å². The van der Waals surface area contributed by atoms with E-state index >= 15 is 0 Å². The van der Waals surface area contributed by atoms with Crippen molar-refractivity contribution in [2.24, 2.45) is 13.0 Å². The number of nitro groups is 1. The predicted octanol–water partition coefficient (Wildman–Crippen LogP) is 5.32. The molecule has 0 aliphatic carbocycles. The van der Waals surface area contributed by atoms with Crippen molar-refractivity contribution < 1.29 is 14.5 Å². The van der Waals surface area contributed by atoms with Crippen LogP contribution in [0.15, 0.2) is 53.0 Å². The van der Waals surface area contributed by atoms with Crippen molar-refractivity contribution in [3.05, 3.63) is 80.5 Å². The van der Waals surface area contributed by atoms with Gasteiger partial charge in [-0.25, -0.2) is 4.98 Å². The number of nitrogens with zero attached hydrogens (tertiary/aromatic N) is 5. The molecule has 2 aromatic carbocycles. The molecule has 0 aliphatic heterocycles. The number of thiazole rings is 1. The van der Waals surface area contributed by atoms with Gasteiger partial charge in [-0.1, -0.05) is 55.4 Å². The van der Waals surface area contributed by atoms with Crippen molar-refractivity contribution in [1.82, 2.24) is 25.1 Å². The summed E-state index contributed by atoms with van der Waals surface area (Å²) in [5.41, 5.74) is 3.37. The number of hydrogen-bond acceptors (Lipinski definition) is 9. The van der Waals surface area contributed by atoms with Crippen molar-refractivity contribution in [2.75, 3.05) is 11.1 Å². The average molecular weight is 580 g/mol. The van der Waals surface area contributed by atoms with Gasteiger partial charge in [0.25, 0.3) is 11.6 Å². The van der Waals surface area contributed by atoms with Gasteiger partial charge in [-0.05, 0) is 31.9 Å². The third kappa shape index (κ3) is 6.72. The van der Waals surface area contributed by atoms with Crippen LogP contribution in [-0.2, 0) is 11.8 Å². The van der Waals surface area contributed by atoms with Gasteiger partial charge in [0.2, 0.25) is 5.91 Å². The SMILES string of the molecule is Cc1ccc(C(=O)N[C@H](c2nnc(SCC(=O)Nc3nc(-c4ccc(C)c([N+](=O)[O-])c4)cs3)n2C)C(C)C)cc1. The van der Waals surface area contributed by atoms with Crippen molar-refractivity contribution in [2.45, 2.75) is 38.9 Å². The molecule has 0 aliphatic rings. The number of aromatic nitrogens is 4. The molecule has 0 unspecified atom stereocenters. The first-order valence-corrected chi connectivity index (χ1v) is 14.3. The van der Waals surface area contributed by atoms with E-state index in [1.54, 1.807) is 48.2 Å². The molecule has 0 spiro atoms. The molecule has 2 aromatic heterocycles. The van der Waals surface area contributed by atoms with Crippen LogP contribution < -0.4 is 10.6 Å². The zero-order valence-corrected chi connectivity index (χ0v) is 24.3. The highest BCUT2D eigenvalue weighted by molar-refractivity contribution is 7.99. The Balaban J connectivity index is 1.38. The third-order valence-electron chi connectivity index (χ3n) is 6.20. The molecule has 11 nitrogen and oxygen atoms in total. The zero-order valence-electron chi connectivity index (χ0n) is 22.7. The quantitative estimate of drug-likeness (QED) is 0.146. The molecule has 4 aromatic rings. The number of benzene rings is 2. The molecule has 0 bridgehead atoms. The lowest BCUT2D eigenvalue weighted by atomic mass is 10.0. The van der Waals surface area contributed by atoms with E-state index in [0.29, 0.717) is 38.5 Å². The van der Waals surface area contributed by atoms with E-state index in [4.69, 9.17) is 0 Å². The van der Waals surface area contributed by atoms with E-state index in [2.05, 4.69) is 25.8 Å². The molecule has 2 amide bonds. The maximum Gasteiger partial charge on any atom is 0.272 e. The summed E-state index contributed by atoms with van der Waals surface area (Å²) in [6.07, 6.45) is 0. The number of anilines is 1. The molecule has 0 radical (unpaired) electrons. The second-order valence-corrected chi connectivity index (χ2v) is 11.4. The summed E-state index contributed by atoms with van der Waals surface area (Å²) in [6.45, 7) is 7.63. The topological polar surface area (TPSA) is 145 Å². The Morgan fingerprint density at radius 1 is 1.12 bits per heavy atom. The molecule has 0 saturated carbocycles. The standard InChI is InChI=1S/C27H29N7O4S2/c1-15(2)23(30-25(36)18-9-6-16(3)7-10-18)24-31-32-27(33(24)5)40-14-22(35)29-26-28-20(13-39-26)19-11-8-17(4)21(12-19)34(37)38/h6-13,15,23H,14H2,1-5H3,(H,30,36)(H,28,29,35)/t23-/m0/s1. The van der Waals surface area contributed by atoms with Gasteiger partial charge in [0.1, 0.15) is 0 Å². The smallest absolute Gasteiger partial charge is 0.272 e. The van der Waals surface area contributed by atoms with E-state index in [1.807, 2.05) is 32.9 Å². The molecule has 0 saturated heterocycles.